The number of carbonyl (C=O) groups excluding carboxylic acids is 2. The van der Waals surface area contributed by atoms with Gasteiger partial charge in [0.15, 0.2) is 0 Å². The Morgan fingerprint density at radius 3 is 2.39 bits per heavy atom. The van der Waals surface area contributed by atoms with Crippen LogP contribution in [0.25, 0.3) is 0 Å². The lowest BCUT2D eigenvalue weighted by Crippen LogP contribution is -2.42. The highest BCUT2D eigenvalue weighted by Crippen LogP contribution is 2.27. The minimum Gasteiger partial charge on any atom is -0.457 e. The third kappa shape index (κ3) is 4.34. The van der Waals surface area contributed by atoms with Crippen LogP contribution in [0.4, 0.5) is 5.69 Å². The summed E-state index contributed by atoms with van der Waals surface area (Å²) in [6.07, 6.45) is 1.83. The fraction of sp³-hybridized carbons (Fsp3) is 0.364. The summed E-state index contributed by atoms with van der Waals surface area (Å²) in [5.74, 6) is 1.53. The lowest BCUT2D eigenvalue weighted by Gasteiger charge is -2.23. The first-order chi connectivity index (χ1) is 13.7. The molecule has 28 heavy (non-hydrogen) atoms. The van der Waals surface area contributed by atoms with Gasteiger partial charge in [-0.3, -0.25) is 9.59 Å². The monoisotopic (exact) mass is 380 g/mol. The van der Waals surface area contributed by atoms with E-state index in [0.29, 0.717) is 31.9 Å². The van der Waals surface area contributed by atoms with Crippen molar-refractivity contribution in [3.05, 3.63) is 54.6 Å². The van der Waals surface area contributed by atoms with Gasteiger partial charge < -0.3 is 19.7 Å². The predicted octanol–water partition coefficient (Wildman–Crippen LogP) is 3.13. The highest BCUT2D eigenvalue weighted by molar-refractivity contribution is 5.97. The van der Waals surface area contributed by atoms with E-state index in [-0.39, 0.29) is 23.8 Å². The van der Waals surface area contributed by atoms with Crippen molar-refractivity contribution in [2.24, 2.45) is 5.92 Å². The number of benzene rings is 2. The van der Waals surface area contributed by atoms with E-state index >= 15 is 0 Å². The number of nitrogens with one attached hydrogen (secondary N) is 1. The maximum Gasteiger partial charge on any atom is 0.229 e. The van der Waals surface area contributed by atoms with E-state index in [9.17, 15) is 9.59 Å². The van der Waals surface area contributed by atoms with Gasteiger partial charge in [-0.25, -0.2) is 0 Å². The second-order valence-electron chi connectivity index (χ2n) is 7.21. The van der Waals surface area contributed by atoms with Gasteiger partial charge in [-0.15, -0.1) is 0 Å². The minimum atomic E-state index is -0.150. The van der Waals surface area contributed by atoms with Gasteiger partial charge in [0, 0.05) is 37.8 Å². The number of hydrogen-bond acceptors (Lipinski definition) is 4. The average Bonchev–Trinajstić information content (AvgIpc) is 3.10. The number of amides is 2. The van der Waals surface area contributed by atoms with Gasteiger partial charge in [0.25, 0.3) is 0 Å². The molecule has 4 rings (SSSR count). The van der Waals surface area contributed by atoms with Crippen molar-refractivity contribution in [2.75, 3.05) is 24.7 Å². The van der Waals surface area contributed by atoms with Crippen molar-refractivity contribution in [1.82, 2.24) is 5.32 Å². The van der Waals surface area contributed by atoms with Gasteiger partial charge in [-0.05, 0) is 49.2 Å². The largest absolute Gasteiger partial charge is 0.457 e. The zero-order valence-corrected chi connectivity index (χ0v) is 15.7. The first kappa shape index (κ1) is 18.5. The van der Waals surface area contributed by atoms with Crippen LogP contribution in [0.3, 0.4) is 0 Å². The van der Waals surface area contributed by atoms with Crippen molar-refractivity contribution < 1.29 is 19.1 Å². The summed E-state index contributed by atoms with van der Waals surface area (Å²) >= 11 is 0. The Hall–Kier alpha value is -2.86. The molecule has 2 heterocycles. The van der Waals surface area contributed by atoms with Crippen molar-refractivity contribution in [2.45, 2.75) is 25.3 Å². The summed E-state index contributed by atoms with van der Waals surface area (Å²) in [7, 11) is 0. The molecular formula is C22H24N2O4. The molecule has 0 saturated carbocycles. The number of para-hydroxylation sites is 1. The molecule has 0 aliphatic carbocycles. The van der Waals surface area contributed by atoms with Crippen LogP contribution in [0.5, 0.6) is 11.5 Å². The normalized spacial score (nSPS) is 20.2. The van der Waals surface area contributed by atoms with Gasteiger partial charge in [-0.1, -0.05) is 18.2 Å². The van der Waals surface area contributed by atoms with Crippen LogP contribution in [0.15, 0.2) is 54.6 Å². The molecule has 0 aromatic heterocycles. The third-order valence-corrected chi connectivity index (χ3v) is 5.19. The Kier molecular flexibility index (Phi) is 5.58. The minimum absolute atomic E-state index is 0.00711. The summed E-state index contributed by atoms with van der Waals surface area (Å²) in [6.45, 7) is 1.75. The molecule has 2 aromatic carbocycles. The Balaban J connectivity index is 1.35. The molecule has 6 nitrogen and oxygen atoms in total. The van der Waals surface area contributed by atoms with Gasteiger partial charge in [0.1, 0.15) is 11.5 Å². The fourth-order valence-corrected chi connectivity index (χ4v) is 3.65. The van der Waals surface area contributed by atoms with E-state index < -0.39 is 0 Å². The SMILES string of the molecule is O=C(N[C@@H]1CC(=O)N(c2ccc(Oc3ccccc3)cc2)C1)C1CCOCC1. The van der Waals surface area contributed by atoms with Crippen LogP contribution >= 0.6 is 0 Å². The zero-order valence-electron chi connectivity index (χ0n) is 15.7. The predicted molar refractivity (Wildman–Crippen MR) is 105 cm³/mol. The first-order valence-electron chi connectivity index (χ1n) is 9.70. The molecule has 2 amide bonds. The maximum absolute atomic E-state index is 12.4. The number of nitrogens with zero attached hydrogens (tertiary/aromatic N) is 1. The number of hydrogen-bond donors (Lipinski definition) is 1. The topological polar surface area (TPSA) is 67.9 Å². The van der Waals surface area contributed by atoms with Gasteiger partial charge >= 0.3 is 0 Å². The van der Waals surface area contributed by atoms with Crippen molar-refractivity contribution >= 4 is 17.5 Å². The van der Waals surface area contributed by atoms with Crippen molar-refractivity contribution in [3.8, 4) is 11.5 Å². The number of ether oxygens (including phenoxy) is 2. The van der Waals surface area contributed by atoms with Crippen LogP contribution in [0.2, 0.25) is 0 Å². The summed E-state index contributed by atoms with van der Waals surface area (Å²) in [5, 5.41) is 3.04. The molecule has 2 fully saturated rings. The van der Waals surface area contributed by atoms with E-state index in [1.54, 1.807) is 4.90 Å². The molecule has 0 spiro atoms. The van der Waals surface area contributed by atoms with Crippen molar-refractivity contribution in [3.63, 3.8) is 0 Å². The zero-order chi connectivity index (χ0) is 19.3. The van der Waals surface area contributed by atoms with E-state index in [1.807, 2.05) is 54.6 Å². The molecule has 1 N–H and O–H groups in total. The molecule has 6 heteroatoms. The molecule has 2 aromatic rings. The summed E-state index contributed by atoms with van der Waals surface area (Å²) in [6, 6.07) is 16.9. The molecule has 0 unspecified atom stereocenters. The second kappa shape index (κ2) is 8.44. The summed E-state index contributed by atoms with van der Waals surface area (Å²) in [4.78, 5) is 26.6. The Bertz CT molecular complexity index is 816. The fourth-order valence-electron chi connectivity index (χ4n) is 3.65. The summed E-state index contributed by atoms with van der Waals surface area (Å²) in [5.41, 5.74) is 0.813. The molecule has 2 aliphatic rings. The standard InChI is InChI=1S/C22H24N2O4/c25-21-14-17(23-22(26)16-10-12-27-13-11-16)15-24(21)18-6-8-20(9-7-18)28-19-4-2-1-3-5-19/h1-9,16-17H,10-15H2,(H,23,26)/t17-/m1/s1. The number of anilines is 1. The molecule has 1 atom stereocenters. The molecule has 0 radical (unpaired) electrons. The number of rotatable bonds is 5. The molecular weight excluding hydrogens is 356 g/mol. The lowest BCUT2D eigenvalue weighted by molar-refractivity contribution is -0.128. The van der Waals surface area contributed by atoms with Crippen LogP contribution in [-0.2, 0) is 14.3 Å². The Morgan fingerprint density at radius 1 is 1.00 bits per heavy atom. The molecule has 146 valence electrons. The molecule has 2 saturated heterocycles. The average molecular weight is 380 g/mol. The highest BCUT2D eigenvalue weighted by Gasteiger charge is 2.33. The quantitative estimate of drug-likeness (QED) is 0.865. The molecule has 0 bridgehead atoms. The van der Waals surface area contributed by atoms with Gasteiger partial charge in [-0.2, -0.15) is 0 Å². The second-order valence-corrected chi connectivity index (χ2v) is 7.21. The smallest absolute Gasteiger partial charge is 0.229 e. The van der Waals surface area contributed by atoms with Crippen molar-refractivity contribution in [1.29, 1.82) is 0 Å². The van der Waals surface area contributed by atoms with E-state index in [0.717, 1.165) is 24.3 Å². The van der Waals surface area contributed by atoms with E-state index in [4.69, 9.17) is 9.47 Å². The number of carbonyl (C=O) groups is 2. The van der Waals surface area contributed by atoms with Crippen LogP contribution in [0, 0.1) is 5.92 Å². The Labute approximate surface area is 164 Å². The molecule has 2 aliphatic heterocycles. The van der Waals surface area contributed by atoms with Crippen LogP contribution in [-0.4, -0.2) is 37.6 Å². The summed E-state index contributed by atoms with van der Waals surface area (Å²) < 4.78 is 11.1. The highest BCUT2D eigenvalue weighted by atomic mass is 16.5. The van der Waals surface area contributed by atoms with E-state index in [2.05, 4.69) is 5.32 Å². The lowest BCUT2D eigenvalue weighted by atomic mass is 9.99. The van der Waals surface area contributed by atoms with Crippen LogP contribution < -0.4 is 15.0 Å². The van der Waals surface area contributed by atoms with Gasteiger partial charge in [0.05, 0.1) is 6.04 Å². The maximum atomic E-state index is 12.4. The van der Waals surface area contributed by atoms with Crippen LogP contribution in [0.1, 0.15) is 19.3 Å². The first-order valence-corrected chi connectivity index (χ1v) is 9.70. The third-order valence-electron chi connectivity index (χ3n) is 5.19. The Morgan fingerprint density at radius 2 is 1.68 bits per heavy atom. The van der Waals surface area contributed by atoms with E-state index in [1.165, 1.54) is 0 Å². The van der Waals surface area contributed by atoms with Gasteiger partial charge in [0.2, 0.25) is 11.8 Å².